The summed E-state index contributed by atoms with van der Waals surface area (Å²) < 4.78 is 22.6. The Balaban J connectivity index is 1.72. The van der Waals surface area contributed by atoms with Crippen LogP contribution in [0, 0.1) is 0 Å². The number of benzene rings is 3. The summed E-state index contributed by atoms with van der Waals surface area (Å²) >= 11 is 0. The van der Waals surface area contributed by atoms with E-state index in [1.54, 1.807) is 7.11 Å². The molecule has 3 atom stereocenters. The molecular weight excluding hydrogens is 458 g/mol. The Bertz CT molecular complexity index is 1850. The Labute approximate surface area is 205 Å². The van der Waals surface area contributed by atoms with Crippen LogP contribution in [0.5, 0.6) is 0 Å². The first kappa shape index (κ1) is 20.3. The highest BCUT2D eigenvalue weighted by Crippen LogP contribution is 2.58. The molecule has 1 amide bonds. The number of aromatic nitrogens is 2. The number of methoxy groups -OCH3 is 2. The predicted octanol–water partition coefficient (Wildman–Crippen LogP) is 4.31. The third-order valence-corrected chi connectivity index (χ3v) is 8.67. The monoisotopic (exact) mass is 481 g/mol. The molecule has 0 spiro atoms. The molecule has 3 aliphatic rings. The van der Waals surface area contributed by atoms with Gasteiger partial charge in [-0.2, -0.15) is 0 Å². The molecule has 3 aromatic carbocycles. The molecule has 0 saturated carbocycles. The second kappa shape index (κ2) is 6.27. The fourth-order valence-electron chi connectivity index (χ4n) is 7.23. The van der Waals surface area contributed by atoms with Crippen LogP contribution in [0.15, 0.2) is 48.5 Å². The molecule has 180 valence electrons. The minimum atomic E-state index is -1.39. The van der Waals surface area contributed by atoms with Gasteiger partial charge in [0.15, 0.2) is 5.72 Å². The lowest BCUT2D eigenvalue weighted by molar-refractivity contribution is -0.210. The number of amides is 1. The molecule has 3 aliphatic heterocycles. The number of hydrogen-bond acceptors (Lipinski definition) is 5. The summed E-state index contributed by atoms with van der Waals surface area (Å²) in [6.07, 6.45) is -0.252. The van der Waals surface area contributed by atoms with Crippen molar-refractivity contribution in [3.05, 3.63) is 59.7 Å². The molecular formula is C28H23N3O5. The van der Waals surface area contributed by atoms with Gasteiger partial charge in [0, 0.05) is 41.6 Å². The van der Waals surface area contributed by atoms with Crippen molar-refractivity contribution in [1.82, 2.24) is 14.5 Å². The van der Waals surface area contributed by atoms with Gasteiger partial charge < -0.3 is 28.7 Å². The number of fused-ring (bicyclic) bond motifs is 13. The zero-order valence-electron chi connectivity index (χ0n) is 20.0. The summed E-state index contributed by atoms with van der Waals surface area (Å²) in [5, 5.41) is 6.98. The molecule has 0 radical (unpaired) electrons. The number of carbonyl (C=O) groups is 2. The van der Waals surface area contributed by atoms with E-state index in [1.165, 1.54) is 7.11 Å². The van der Waals surface area contributed by atoms with Crippen molar-refractivity contribution in [2.75, 3.05) is 14.2 Å². The third kappa shape index (κ3) is 1.93. The number of hydrogen-bond donors (Lipinski definition) is 1. The van der Waals surface area contributed by atoms with Crippen LogP contribution in [0.1, 0.15) is 35.5 Å². The Morgan fingerprint density at radius 1 is 1.03 bits per heavy atom. The van der Waals surface area contributed by atoms with Crippen molar-refractivity contribution >= 4 is 55.5 Å². The van der Waals surface area contributed by atoms with Crippen LogP contribution in [0.2, 0.25) is 0 Å². The van der Waals surface area contributed by atoms with Crippen LogP contribution >= 0.6 is 0 Å². The zero-order valence-corrected chi connectivity index (χ0v) is 20.0. The maximum absolute atomic E-state index is 13.5. The summed E-state index contributed by atoms with van der Waals surface area (Å²) in [6, 6.07) is 16.2. The molecule has 5 aromatic rings. The van der Waals surface area contributed by atoms with Gasteiger partial charge in [0.1, 0.15) is 6.23 Å². The molecule has 36 heavy (non-hydrogen) atoms. The van der Waals surface area contributed by atoms with Gasteiger partial charge >= 0.3 is 5.97 Å². The molecule has 2 bridgehead atoms. The van der Waals surface area contributed by atoms with E-state index in [4.69, 9.17) is 14.2 Å². The van der Waals surface area contributed by atoms with Crippen molar-refractivity contribution in [3.8, 4) is 0 Å². The van der Waals surface area contributed by atoms with Crippen molar-refractivity contribution in [1.29, 1.82) is 0 Å². The summed E-state index contributed by atoms with van der Waals surface area (Å²) in [7, 11) is 2.92. The van der Waals surface area contributed by atoms with E-state index in [0.717, 1.165) is 54.7 Å². The molecule has 1 unspecified atom stereocenters. The van der Waals surface area contributed by atoms with Gasteiger partial charge in [0.05, 0.1) is 34.7 Å². The van der Waals surface area contributed by atoms with Gasteiger partial charge in [-0.25, -0.2) is 4.79 Å². The minimum absolute atomic E-state index is 0.0611. The normalized spacial score (nSPS) is 26.3. The number of para-hydroxylation sites is 2. The standard InChI is InChI=1S/C28H23N3O5/c1-27-28(35-3,26(33)34-2)12-19(36-27)30-17-10-6-4-8-14(17)21-22-16(13-29-25(22)32)20-15-9-5-7-11-18(15)31(27)24(20)23(21)30/h4-11,19H,12-13H2,1-3H3,(H,29,32)/t19?,27-,28-/m1/s1. The topological polar surface area (TPSA) is 83.7 Å². The molecule has 0 aliphatic carbocycles. The maximum Gasteiger partial charge on any atom is 0.343 e. The van der Waals surface area contributed by atoms with Gasteiger partial charge in [-0.15, -0.1) is 0 Å². The fraction of sp³-hybridized carbons (Fsp3) is 0.286. The fourth-order valence-corrected chi connectivity index (χ4v) is 7.23. The minimum Gasteiger partial charge on any atom is -0.467 e. The van der Waals surface area contributed by atoms with E-state index in [2.05, 4.69) is 26.6 Å². The second-order valence-electron chi connectivity index (χ2n) is 10.0. The smallest absolute Gasteiger partial charge is 0.343 e. The van der Waals surface area contributed by atoms with Crippen molar-refractivity contribution in [2.45, 2.75) is 37.4 Å². The Morgan fingerprint density at radius 2 is 1.72 bits per heavy atom. The van der Waals surface area contributed by atoms with E-state index >= 15 is 0 Å². The van der Waals surface area contributed by atoms with E-state index in [9.17, 15) is 9.59 Å². The molecule has 8 heteroatoms. The van der Waals surface area contributed by atoms with Crippen LogP contribution in [-0.2, 0) is 31.3 Å². The lowest BCUT2D eigenvalue weighted by atomic mass is 9.88. The Morgan fingerprint density at radius 3 is 2.44 bits per heavy atom. The largest absolute Gasteiger partial charge is 0.467 e. The number of nitrogens with zero attached hydrogens (tertiary/aromatic N) is 2. The van der Waals surface area contributed by atoms with E-state index in [0.29, 0.717) is 6.54 Å². The average molecular weight is 482 g/mol. The molecule has 2 aromatic heterocycles. The van der Waals surface area contributed by atoms with E-state index in [1.807, 2.05) is 43.3 Å². The Kier molecular flexibility index (Phi) is 3.54. The van der Waals surface area contributed by atoms with Gasteiger partial charge in [-0.05, 0) is 24.6 Å². The highest BCUT2D eigenvalue weighted by molar-refractivity contribution is 6.31. The average Bonchev–Trinajstić information content (AvgIpc) is 3.60. The highest BCUT2D eigenvalue weighted by Gasteiger charge is 2.67. The molecule has 5 heterocycles. The SMILES string of the molecule is COC(=O)[C@]1(OC)CC2O[C@@]1(C)n1c3ccccc3c3c4c(c5c6ccccc6n2c5c31)C(=O)NC4. The predicted molar refractivity (Wildman–Crippen MR) is 134 cm³/mol. The first-order chi connectivity index (χ1) is 17.5. The van der Waals surface area contributed by atoms with Crippen molar-refractivity contribution < 1.29 is 23.8 Å². The number of esters is 1. The summed E-state index contributed by atoms with van der Waals surface area (Å²) in [4.78, 5) is 26.8. The second-order valence-corrected chi connectivity index (χ2v) is 10.0. The van der Waals surface area contributed by atoms with Crippen LogP contribution in [0.25, 0.3) is 43.6 Å². The van der Waals surface area contributed by atoms with E-state index < -0.39 is 23.5 Å². The number of ether oxygens (including phenoxy) is 3. The third-order valence-electron chi connectivity index (χ3n) is 8.67. The molecule has 1 saturated heterocycles. The summed E-state index contributed by atoms with van der Waals surface area (Å²) in [6.45, 7) is 2.36. The van der Waals surface area contributed by atoms with Crippen LogP contribution < -0.4 is 5.32 Å². The molecule has 1 fully saturated rings. The first-order valence-corrected chi connectivity index (χ1v) is 12.1. The number of rotatable bonds is 2. The summed E-state index contributed by atoms with van der Waals surface area (Å²) in [5.74, 6) is -0.538. The quantitative estimate of drug-likeness (QED) is 0.380. The lowest BCUT2D eigenvalue weighted by Crippen LogP contribution is -2.57. The molecule has 8 nitrogen and oxygen atoms in total. The Hall–Kier alpha value is -3.88. The highest BCUT2D eigenvalue weighted by atomic mass is 16.6. The zero-order chi connectivity index (χ0) is 24.6. The maximum atomic E-state index is 13.5. The molecule has 1 N–H and O–H groups in total. The summed E-state index contributed by atoms with van der Waals surface area (Å²) in [5.41, 5.74) is 2.85. The molecule has 8 rings (SSSR count). The first-order valence-electron chi connectivity index (χ1n) is 12.1. The van der Waals surface area contributed by atoms with Crippen LogP contribution in [-0.4, -0.2) is 40.8 Å². The number of carbonyl (C=O) groups excluding carboxylic acids is 2. The lowest BCUT2D eigenvalue weighted by Gasteiger charge is -2.40. The van der Waals surface area contributed by atoms with Crippen molar-refractivity contribution in [3.63, 3.8) is 0 Å². The van der Waals surface area contributed by atoms with E-state index in [-0.39, 0.29) is 12.3 Å². The van der Waals surface area contributed by atoms with Gasteiger partial charge in [-0.1, -0.05) is 36.4 Å². The van der Waals surface area contributed by atoms with Gasteiger partial charge in [0.25, 0.3) is 5.91 Å². The van der Waals surface area contributed by atoms with Crippen LogP contribution in [0.3, 0.4) is 0 Å². The van der Waals surface area contributed by atoms with Gasteiger partial charge in [-0.3, -0.25) is 4.79 Å². The number of nitrogens with one attached hydrogen (secondary N) is 1. The van der Waals surface area contributed by atoms with Gasteiger partial charge in [0.2, 0.25) is 5.60 Å². The van der Waals surface area contributed by atoms with Crippen molar-refractivity contribution in [2.24, 2.45) is 0 Å². The van der Waals surface area contributed by atoms with Crippen LogP contribution in [0.4, 0.5) is 0 Å².